The van der Waals surface area contributed by atoms with Gasteiger partial charge in [-0.1, -0.05) is 33.2 Å². The van der Waals surface area contributed by atoms with Crippen molar-refractivity contribution in [1.82, 2.24) is 20.0 Å². The van der Waals surface area contributed by atoms with Crippen molar-refractivity contribution in [2.75, 3.05) is 23.8 Å². The fraction of sp³-hybridized carbons (Fsp3) is 0.250. The Balaban J connectivity index is 1.38. The van der Waals surface area contributed by atoms with Gasteiger partial charge in [0.2, 0.25) is 0 Å². The molecule has 0 saturated carbocycles. The van der Waals surface area contributed by atoms with E-state index in [1.54, 1.807) is 41.9 Å². The number of para-hydroxylation sites is 1. The van der Waals surface area contributed by atoms with Gasteiger partial charge >= 0.3 is 11.8 Å². The predicted molar refractivity (Wildman–Crippen MR) is 137 cm³/mol. The number of carbonyl (C=O) groups is 2. The first kappa shape index (κ1) is 23.8. The fourth-order valence-corrected chi connectivity index (χ4v) is 4.63. The highest BCUT2D eigenvalue weighted by Crippen LogP contribution is 2.30. The third-order valence-corrected chi connectivity index (χ3v) is 6.47. The number of carbonyl (C=O) groups excluding carboxylic acids is 2. The van der Waals surface area contributed by atoms with E-state index in [1.807, 2.05) is 12.1 Å². The largest absolute Gasteiger partial charge is 0.439 e. The molecule has 1 unspecified atom stereocenters. The predicted octanol–water partition coefficient (Wildman–Crippen LogP) is 3.84. The number of nitrogens with one attached hydrogen (secondary N) is 4. The van der Waals surface area contributed by atoms with E-state index >= 15 is 0 Å². The molecule has 1 saturated heterocycles. The standard InChI is InChI=1S/C24H23BrN6O5/c1-31-19(22(32)27-17-8-7-14(25)11-16(17)21-29-24(34)36-30-21)10-13-4-2-6-18(20(13)31)28-23(33)26-12-15-5-3-9-35-15/h2,4,6-8,10-11,15H,3,5,9,12H2,1H3,(H,27,32)(H2,26,28,33)(H,29,30,34). The second-order valence-corrected chi connectivity index (χ2v) is 9.31. The minimum Gasteiger partial charge on any atom is -0.376 e. The first-order valence-corrected chi connectivity index (χ1v) is 12.1. The Bertz CT molecular complexity index is 1500. The van der Waals surface area contributed by atoms with Gasteiger partial charge in [-0.2, -0.15) is 0 Å². The van der Waals surface area contributed by atoms with Crippen LogP contribution in [0, 0.1) is 0 Å². The van der Waals surface area contributed by atoms with E-state index in [2.05, 4.69) is 46.5 Å². The Hall–Kier alpha value is -3.90. The highest BCUT2D eigenvalue weighted by atomic mass is 79.9. The van der Waals surface area contributed by atoms with E-state index in [-0.39, 0.29) is 23.9 Å². The Kier molecular flexibility index (Phi) is 6.61. The average molecular weight is 555 g/mol. The summed E-state index contributed by atoms with van der Waals surface area (Å²) in [5.41, 5.74) is 2.56. The van der Waals surface area contributed by atoms with E-state index in [0.29, 0.717) is 34.7 Å². The Morgan fingerprint density at radius 2 is 2.06 bits per heavy atom. The summed E-state index contributed by atoms with van der Waals surface area (Å²) in [6.45, 7) is 1.16. The lowest BCUT2D eigenvalue weighted by Gasteiger charge is -2.13. The molecule has 2 aromatic heterocycles. The van der Waals surface area contributed by atoms with Crippen molar-refractivity contribution < 1.29 is 18.8 Å². The molecule has 1 aliphatic heterocycles. The van der Waals surface area contributed by atoms with Crippen LogP contribution in [0.2, 0.25) is 0 Å². The van der Waals surface area contributed by atoms with E-state index in [0.717, 1.165) is 29.3 Å². The summed E-state index contributed by atoms with van der Waals surface area (Å²) in [4.78, 5) is 39.7. The maximum atomic E-state index is 13.3. The van der Waals surface area contributed by atoms with Gasteiger partial charge in [0.05, 0.1) is 23.0 Å². The van der Waals surface area contributed by atoms with Gasteiger partial charge in [-0.05, 0) is 43.2 Å². The van der Waals surface area contributed by atoms with Crippen molar-refractivity contribution in [3.63, 3.8) is 0 Å². The fourth-order valence-electron chi connectivity index (χ4n) is 4.27. The van der Waals surface area contributed by atoms with Crippen LogP contribution in [0.4, 0.5) is 16.2 Å². The first-order chi connectivity index (χ1) is 17.4. The normalized spacial score (nSPS) is 15.2. The van der Waals surface area contributed by atoms with Crippen LogP contribution < -0.4 is 21.7 Å². The molecule has 36 heavy (non-hydrogen) atoms. The molecular weight excluding hydrogens is 532 g/mol. The zero-order valence-electron chi connectivity index (χ0n) is 19.3. The molecule has 3 heterocycles. The molecule has 4 aromatic rings. The lowest BCUT2D eigenvalue weighted by Crippen LogP contribution is -2.35. The monoisotopic (exact) mass is 554 g/mol. The van der Waals surface area contributed by atoms with Gasteiger partial charge in [0.15, 0.2) is 5.82 Å². The molecule has 0 aliphatic carbocycles. The van der Waals surface area contributed by atoms with Crippen LogP contribution in [0.15, 0.2) is 56.3 Å². The van der Waals surface area contributed by atoms with Crippen molar-refractivity contribution in [2.24, 2.45) is 7.05 Å². The van der Waals surface area contributed by atoms with E-state index < -0.39 is 5.76 Å². The van der Waals surface area contributed by atoms with Gasteiger partial charge in [0, 0.05) is 35.6 Å². The van der Waals surface area contributed by atoms with Gasteiger partial charge in [-0.25, -0.2) is 9.59 Å². The number of aryl methyl sites for hydroxylation is 1. The maximum absolute atomic E-state index is 13.3. The second kappa shape index (κ2) is 9.99. The van der Waals surface area contributed by atoms with Crippen LogP contribution in [-0.4, -0.2) is 45.9 Å². The lowest BCUT2D eigenvalue weighted by molar-refractivity contribution is 0.101. The smallest absolute Gasteiger partial charge is 0.376 e. The van der Waals surface area contributed by atoms with Gasteiger partial charge < -0.3 is 25.3 Å². The van der Waals surface area contributed by atoms with Gasteiger partial charge in [0.1, 0.15) is 5.69 Å². The summed E-state index contributed by atoms with van der Waals surface area (Å²) < 4.78 is 12.6. The minimum atomic E-state index is -0.698. The SMILES string of the molecule is Cn1c(C(=O)Nc2ccc(Br)cc2-c2noc(=O)[nH]2)cc2cccc(NC(=O)NCC3CCCO3)c21. The van der Waals surface area contributed by atoms with Crippen molar-refractivity contribution in [3.05, 3.63) is 63.2 Å². The van der Waals surface area contributed by atoms with Gasteiger partial charge in [-0.3, -0.25) is 14.3 Å². The van der Waals surface area contributed by atoms with Crippen LogP contribution >= 0.6 is 15.9 Å². The number of benzene rings is 2. The summed E-state index contributed by atoms with van der Waals surface area (Å²) in [6.07, 6.45) is 1.97. The molecule has 5 rings (SSSR count). The number of hydrogen-bond donors (Lipinski definition) is 4. The molecule has 186 valence electrons. The molecule has 1 fully saturated rings. The molecule has 0 radical (unpaired) electrons. The van der Waals surface area contributed by atoms with E-state index in [4.69, 9.17) is 4.74 Å². The highest BCUT2D eigenvalue weighted by molar-refractivity contribution is 9.10. The van der Waals surface area contributed by atoms with E-state index in [1.165, 1.54) is 0 Å². The number of fused-ring (bicyclic) bond motifs is 1. The molecule has 12 heteroatoms. The molecule has 4 N–H and O–H groups in total. The number of anilines is 2. The lowest BCUT2D eigenvalue weighted by atomic mass is 10.1. The third kappa shape index (κ3) is 4.90. The van der Waals surface area contributed by atoms with Crippen molar-refractivity contribution in [2.45, 2.75) is 18.9 Å². The summed E-state index contributed by atoms with van der Waals surface area (Å²) in [5.74, 6) is -0.887. The van der Waals surface area contributed by atoms with Crippen LogP contribution in [0.3, 0.4) is 0 Å². The summed E-state index contributed by atoms with van der Waals surface area (Å²) in [7, 11) is 1.75. The highest BCUT2D eigenvalue weighted by Gasteiger charge is 2.20. The van der Waals surface area contributed by atoms with Crippen LogP contribution in [0.1, 0.15) is 23.3 Å². The zero-order valence-corrected chi connectivity index (χ0v) is 20.8. The number of ether oxygens (including phenoxy) is 1. The number of aromatic amines is 1. The molecule has 11 nitrogen and oxygen atoms in total. The quantitative estimate of drug-likeness (QED) is 0.285. The van der Waals surface area contributed by atoms with E-state index in [9.17, 15) is 14.4 Å². The Morgan fingerprint density at radius 1 is 1.19 bits per heavy atom. The summed E-state index contributed by atoms with van der Waals surface area (Å²) >= 11 is 3.39. The number of rotatable bonds is 6. The molecule has 1 aliphatic rings. The van der Waals surface area contributed by atoms with Crippen LogP contribution in [0.25, 0.3) is 22.3 Å². The number of aromatic nitrogens is 3. The van der Waals surface area contributed by atoms with Crippen molar-refractivity contribution in [3.8, 4) is 11.4 Å². The van der Waals surface area contributed by atoms with Gasteiger partial charge in [0.25, 0.3) is 5.91 Å². The molecular formula is C24H23BrN6O5. The first-order valence-electron chi connectivity index (χ1n) is 11.3. The Morgan fingerprint density at radius 3 is 2.81 bits per heavy atom. The topological polar surface area (TPSA) is 143 Å². The summed E-state index contributed by atoms with van der Waals surface area (Å²) in [6, 6.07) is 12.0. The molecule has 0 spiro atoms. The average Bonchev–Trinajstić information content (AvgIpc) is 3.60. The van der Waals surface area contributed by atoms with Crippen LogP contribution in [0.5, 0.6) is 0 Å². The molecule has 1 atom stereocenters. The maximum Gasteiger partial charge on any atom is 0.439 e. The van der Waals surface area contributed by atoms with Crippen LogP contribution in [-0.2, 0) is 11.8 Å². The molecule has 3 amide bonds. The number of hydrogen-bond acceptors (Lipinski definition) is 6. The molecule has 0 bridgehead atoms. The number of nitrogens with zero attached hydrogens (tertiary/aromatic N) is 2. The minimum absolute atomic E-state index is 0.0375. The van der Waals surface area contributed by atoms with Crippen molar-refractivity contribution in [1.29, 1.82) is 0 Å². The Labute approximate surface area is 213 Å². The number of H-pyrrole nitrogens is 1. The van der Waals surface area contributed by atoms with Crippen molar-refractivity contribution >= 4 is 50.1 Å². The number of urea groups is 1. The number of amides is 3. The zero-order chi connectivity index (χ0) is 25.2. The third-order valence-electron chi connectivity index (χ3n) is 5.98. The summed E-state index contributed by atoms with van der Waals surface area (Å²) in [5, 5.41) is 13.1. The second-order valence-electron chi connectivity index (χ2n) is 8.39. The molecule has 2 aromatic carbocycles. The van der Waals surface area contributed by atoms with Gasteiger partial charge in [-0.15, -0.1) is 0 Å². The number of halogens is 1.